The minimum atomic E-state index is -0.121. The van der Waals surface area contributed by atoms with E-state index in [2.05, 4.69) is 16.9 Å². The summed E-state index contributed by atoms with van der Waals surface area (Å²) in [6.45, 7) is 10.2. The maximum Gasteiger partial charge on any atom is 0.267 e. The van der Waals surface area contributed by atoms with E-state index in [4.69, 9.17) is 5.73 Å². The number of nitrogen functional groups attached to an aromatic ring is 1. The molecule has 0 fully saturated rings. The SMILES string of the molecule is C=C(C)CN(C)C(=O)c1sc(NC(C)C)nc1N. The van der Waals surface area contributed by atoms with Crippen molar-refractivity contribution in [2.45, 2.75) is 26.8 Å². The Morgan fingerprint density at radius 1 is 1.61 bits per heavy atom. The number of nitrogens with zero attached hydrogens (tertiary/aromatic N) is 2. The molecule has 1 heterocycles. The van der Waals surface area contributed by atoms with Gasteiger partial charge in [-0.2, -0.15) is 0 Å². The van der Waals surface area contributed by atoms with Gasteiger partial charge in [0.2, 0.25) is 0 Å². The van der Waals surface area contributed by atoms with Crippen molar-refractivity contribution in [2.75, 3.05) is 24.6 Å². The Bertz CT molecular complexity index is 453. The number of carbonyl (C=O) groups is 1. The highest BCUT2D eigenvalue weighted by Gasteiger charge is 2.19. The summed E-state index contributed by atoms with van der Waals surface area (Å²) >= 11 is 1.28. The Morgan fingerprint density at radius 3 is 2.72 bits per heavy atom. The quantitative estimate of drug-likeness (QED) is 0.803. The van der Waals surface area contributed by atoms with Crippen molar-refractivity contribution in [3.05, 3.63) is 17.0 Å². The molecule has 6 heteroatoms. The smallest absolute Gasteiger partial charge is 0.267 e. The van der Waals surface area contributed by atoms with E-state index >= 15 is 0 Å². The molecule has 0 saturated heterocycles. The van der Waals surface area contributed by atoms with Gasteiger partial charge in [-0.25, -0.2) is 4.98 Å². The van der Waals surface area contributed by atoms with Crippen LogP contribution in [0, 0.1) is 0 Å². The number of amides is 1. The van der Waals surface area contributed by atoms with Gasteiger partial charge in [-0.15, -0.1) is 0 Å². The minimum Gasteiger partial charge on any atom is -0.382 e. The van der Waals surface area contributed by atoms with Gasteiger partial charge in [0, 0.05) is 19.6 Å². The van der Waals surface area contributed by atoms with Crippen molar-refractivity contribution in [2.24, 2.45) is 0 Å². The fourth-order valence-corrected chi connectivity index (χ4v) is 2.47. The van der Waals surface area contributed by atoms with Crippen LogP contribution in [0.5, 0.6) is 0 Å². The van der Waals surface area contributed by atoms with E-state index in [1.165, 1.54) is 11.3 Å². The summed E-state index contributed by atoms with van der Waals surface area (Å²) in [5.74, 6) is 0.159. The van der Waals surface area contributed by atoms with Gasteiger partial charge in [0.1, 0.15) is 10.7 Å². The van der Waals surface area contributed by atoms with Gasteiger partial charge in [0.05, 0.1) is 0 Å². The van der Waals surface area contributed by atoms with Crippen molar-refractivity contribution in [1.82, 2.24) is 9.88 Å². The lowest BCUT2D eigenvalue weighted by molar-refractivity contribution is 0.0812. The third-order valence-corrected chi connectivity index (χ3v) is 3.10. The van der Waals surface area contributed by atoms with Crippen LogP contribution in [0.1, 0.15) is 30.4 Å². The van der Waals surface area contributed by atoms with E-state index in [1.807, 2.05) is 20.8 Å². The van der Waals surface area contributed by atoms with E-state index in [0.717, 1.165) is 5.57 Å². The van der Waals surface area contributed by atoms with Gasteiger partial charge >= 0.3 is 0 Å². The van der Waals surface area contributed by atoms with E-state index in [-0.39, 0.29) is 17.8 Å². The second kappa shape index (κ2) is 5.86. The van der Waals surface area contributed by atoms with Gasteiger partial charge in [0.25, 0.3) is 5.91 Å². The Morgan fingerprint density at radius 2 is 2.22 bits per heavy atom. The molecule has 0 bridgehead atoms. The van der Waals surface area contributed by atoms with Crippen LogP contribution in [0.15, 0.2) is 12.2 Å². The van der Waals surface area contributed by atoms with E-state index in [0.29, 0.717) is 16.6 Å². The van der Waals surface area contributed by atoms with Crippen LogP contribution in [0.3, 0.4) is 0 Å². The van der Waals surface area contributed by atoms with Crippen LogP contribution in [-0.2, 0) is 0 Å². The summed E-state index contributed by atoms with van der Waals surface area (Å²) in [5, 5.41) is 3.82. The summed E-state index contributed by atoms with van der Waals surface area (Å²) < 4.78 is 0. The molecule has 0 saturated carbocycles. The number of aromatic nitrogens is 1. The highest BCUT2D eigenvalue weighted by Crippen LogP contribution is 2.26. The fourth-order valence-electron chi connectivity index (χ4n) is 1.44. The molecule has 1 rings (SSSR count). The fraction of sp³-hybridized carbons (Fsp3) is 0.500. The first-order valence-electron chi connectivity index (χ1n) is 5.74. The number of anilines is 2. The molecule has 100 valence electrons. The molecular formula is C12H20N4OS. The minimum absolute atomic E-state index is 0.121. The molecule has 5 nitrogen and oxygen atoms in total. The Kier molecular flexibility index (Phi) is 4.72. The first kappa shape index (κ1) is 14.5. The van der Waals surface area contributed by atoms with Crippen molar-refractivity contribution >= 4 is 28.2 Å². The molecule has 0 spiro atoms. The van der Waals surface area contributed by atoms with Crippen LogP contribution in [0.2, 0.25) is 0 Å². The zero-order valence-corrected chi connectivity index (χ0v) is 12.1. The lowest BCUT2D eigenvalue weighted by Crippen LogP contribution is -2.28. The molecule has 0 radical (unpaired) electrons. The van der Waals surface area contributed by atoms with Crippen LogP contribution in [0.4, 0.5) is 10.9 Å². The monoisotopic (exact) mass is 268 g/mol. The van der Waals surface area contributed by atoms with Crippen LogP contribution in [0.25, 0.3) is 0 Å². The zero-order chi connectivity index (χ0) is 13.9. The number of rotatable bonds is 5. The molecule has 0 unspecified atom stereocenters. The highest BCUT2D eigenvalue weighted by atomic mass is 32.1. The Balaban J connectivity index is 2.85. The lowest BCUT2D eigenvalue weighted by Gasteiger charge is -2.15. The molecule has 3 N–H and O–H groups in total. The standard InChI is InChI=1S/C12H20N4OS/c1-7(2)6-16(5)11(17)9-10(13)15-12(18-9)14-8(3)4/h8H,1,6,13H2,2-5H3,(H,14,15). The van der Waals surface area contributed by atoms with E-state index in [9.17, 15) is 4.79 Å². The summed E-state index contributed by atoms with van der Waals surface area (Å²) in [7, 11) is 1.73. The zero-order valence-electron chi connectivity index (χ0n) is 11.3. The molecule has 0 atom stereocenters. The lowest BCUT2D eigenvalue weighted by atomic mass is 10.3. The number of likely N-dealkylation sites (N-methyl/N-ethyl adjacent to an activating group) is 1. The maximum absolute atomic E-state index is 12.1. The van der Waals surface area contributed by atoms with Gasteiger partial charge in [-0.3, -0.25) is 4.79 Å². The first-order chi connectivity index (χ1) is 8.31. The van der Waals surface area contributed by atoms with Crippen molar-refractivity contribution in [3.63, 3.8) is 0 Å². The van der Waals surface area contributed by atoms with Crippen molar-refractivity contribution in [1.29, 1.82) is 0 Å². The summed E-state index contributed by atoms with van der Waals surface area (Å²) in [4.78, 5) is 18.4. The van der Waals surface area contributed by atoms with Gasteiger partial charge in [0.15, 0.2) is 5.13 Å². The average Bonchev–Trinajstić information content (AvgIpc) is 2.56. The molecular weight excluding hydrogens is 248 g/mol. The number of hydrogen-bond donors (Lipinski definition) is 2. The van der Waals surface area contributed by atoms with Gasteiger partial charge in [-0.1, -0.05) is 23.5 Å². The largest absolute Gasteiger partial charge is 0.382 e. The molecule has 18 heavy (non-hydrogen) atoms. The molecule has 1 aromatic rings. The molecule has 0 aliphatic heterocycles. The summed E-state index contributed by atoms with van der Waals surface area (Å²) in [5.41, 5.74) is 6.70. The topological polar surface area (TPSA) is 71.2 Å². The first-order valence-corrected chi connectivity index (χ1v) is 6.55. The van der Waals surface area contributed by atoms with Crippen molar-refractivity contribution in [3.8, 4) is 0 Å². The molecule has 0 aliphatic rings. The molecule has 0 aromatic carbocycles. The Hall–Kier alpha value is -1.56. The van der Waals surface area contributed by atoms with Crippen LogP contribution < -0.4 is 11.1 Å². The van der Waals surface area contributed by atoms with Crippen LogP contribution in [-0.4, -0.2) is 35.4 Å². The molecule has 1 aromatic heterocycles. The predicted octanol–water partition coefficient (Wildman–Crippen LogP) is 2.19. The summed E-state index contributed by atoms with van der Waals surface area (Å²) in [6, 6.07) is 0.256. The normalized spacial score (nSPS) is 10.5. The van der Waals surface area contributed by atoms with Gasteiger partial charge in [-0.05, 0) is 20.8 Å². The highest BCUT2D eigenvalue weighted by molar-refractivity contribution is 7.18. The number of thiazole rings is 1. The number of nitrogens with two attached hydrogens (primary N) is 1. The summed E-state index contributed by atoms with van der Waals surface area (Å²) in [6.07, 6.45) is 0. The molecule has 0 aliphatic carbocycles. The second-order valence-electron chi connectivity index (χ2n) is 4.65. The average molecular weight is 268 g/mol. The second-order valence-corrected chi connectivity index (χ2v) is 5.65. The molecule has 1 amide bonds. The predicted molar refractivity (Wildman–Crippen MR) is 77.1 cm³/mol. The van der Waals surface area contributed by atoms with E-state index in [1.54, 1.807) is 11.9 Å². The van der Waals surface area contributed by atoms with Crippen molar-refractivity contribution < 1.29 is 4.79 Å². The van der Waals surface area contributed by atoms with Crippen LogP contribution >= 0.6 is 11.3 Å². The van der Waals surface area contributed by atoms with Gasteiger partial charge < -0.3 is 16.0 Å². The number of carbonyl (C=O) groups excluding carboxylic acids is 1. The number of nitrogens with one attached hydrogen (secondary N) is 1. The third-order valence-electron chi connectivity index (χ3n) is 2.11. The van der Waals surface area contributed by atoms with E-state index < -0.39 is 0 Å². The third kappa shape index (κ3) is 3.73. The Labute approximate surface area is 112 Å². The maximum atomic E-state index is 12.1. The number of hydrogen-bond acceptors (Lipinski definition) is 5.